The summed E-state index contributed by atoms with van der Waals surface area (Å²) in [4.78, 5) is 14.1. The van der Waals surface area contributed by atoms with Gasteiger partial charge < -0.3 is 15.0 Å². The zero-order chi connectivity index (χ0) is 14.7. The van der Waals surface area contributed by atoms with Gasteiger partial charge in [0, 0.05) is 30.2 Å². The van der Waals surface area contributed by atoms with Crippen LogP contribution in [0.4, 0.5) is 0 Å². The van der Waals surface area contributed by atoms with Gasteiger partial charge in [0.15, 0.2) is 0 Å². The molecule has 0 radical (unpaired) electrons. The zero-order valence-electron chi connectivity index (χ0n) is 11.5. The number of carbonyl (C=O) groups excluding carboxylic acids is 1. The third-order valence-corrected chi connectivity index (χ3v) is 3.74. The minimum atomic E-state index is -0.302. The number of halogens is 2. The van der Waals surface area contributed by atoms with E-state index in [1.807, 2.05) is 19.1 Å². The SMILES string of the molecule is C[C@H]1OCCN[C@@H]1C(=O)N(C)Cc1cc(Cl)cc(Cl)c1. The van der Waals surface area contributed by atoms with Crippen molar-refractivity contribution in [3.63, 3.8) is 0 Å². The number of nitrogens with one attached hydrogen (secondary N) is 1. The highest BCUT2D eigenvalue weighted by molar-refractivity contribution is 6.34. The second-order valence-electron chi connectivity index (χ2n) is 4.98. The van der Waals surface area contributed by atoms with E-state index in [9.17, 15) is 4.79 Å². The number of hydrogen-bond acceptors (Lipinski definition) is 3. The number of amides is 1. The number of likely N-dealkylation sites (N-methyl/N-ethyl adjacent to an activating group) is 1. The largest absolute Gasteiger partial charge is 0.375 e. The van der Waals surface area contributed by atoms with Gasteiger partial charge in [0.1, 0.15) is 6.04 Å². The highest BCUT2D eigenvalue weighted by Crippen LogP contribution is 2.20. The molecule has 2 rings (SSSR count). The first-order valence-corrected chi connectivity index (χ1v) is 7.28. The molecular weight excluding hydrogens is 299 g/mol. The van der Waals surface area contributed by atoms with Gasteiger partial charge in [-0.05, 0) is 30.7 Å². The lowest BCUT2D eigenvalue weighted by molar-refractivity contribution is -0.138. The summed E-state index contributed by atoms with van der Waals surface area (Å²) in [5.74, 6) is 0.00768. The molecule has 1 aromatic carbocycles. The van der Waals surface area contributed by atoms with Crippen LogP contribution in [-0.4, -0.2) is 43.2 Å². The van der Waals surface area contributed by atoms with Crippen molar-refractivity contribution in [1.82, 2.24) is 10.2 Å². The molecule has 6 heteroatoms. The lowest BCUT2D eigenvalue weighted by Crippen LogP contribution is -2.55. The first-order chi connectivity index (χ1) is 9.47. The average Bonchev–Trinajstić information content (AvgIpc) is 2.37. The third-order valence-electron chi connectivity index (χ3n) is 3.30. The van der Waals surface area contributed by atoms with Crippen molar-refractivity contribution in [1.29, 1.82) is 0 Å². The number of nitrogens with zero attached hydrogens (tertiary/aromatic N) is 1. The lowest BCUT2D eigenvalue weighted by atomic mass is 10.1. The van der Waals surface area contributed by atoms with E-state index in [1.165, 1.54) is 0 Å². The molecule has 1 amide bonds. The van der Waals surface area contributed by atoms with E-state index < -0.39 is 0 Å². The lowest BCUT2D eigenvalue weighted by Gasteiger charge is -2.32. The number of ether oxygens (including phenoxy) is 1. The molecule has 0 saturated carbocycles. The summed E-state index contributed by atoms with van der Waals surface area (Å²) in [6.45, 7) is 3.69. The van der Waals surface area contributed by atoms with Crippen LogP contribution < -0.4 is 5.32 Å². The maximum Gasteiger partial charge on any atom is 0.242 e. The van der Waals surface area contributed by atoms with E-state index in [0.717, 1.165) is 5.56 Å². The van der Waals surface area contributed by atoms with Crippen molar-refractivity contribution < 1.29 is 9.53 Å². The Morgan fingerprint density at radius 3 is 2.65 bits per heavy atom. The van der Waals surface area contributed by atoms with Gasteiger partial charge in [-0.1, -0.05) is 23.2 Å². The Hall–Kier alpha value is -0.810. The van der Waals surface area contributed by atoms with Gasteiger partial charge in [-0.15, -0.1) is 0 Å². The van der Waals surface area contributed by atoms with Gasteiger partial charge in [0.2, 0.25) is 5.91 Å². The molecule has 0 aromatic heterocycles. The van der Waals surface area contributed by atoms with E-state index in [0.29, 0.717) is 29.7 Å². The van der Waals surface area contributed by atoms with Crippen LogP contribution in [0.15, 0.2) is 18.2 Å². The maximum absolute atomic E-state index is 12.4. The molecule has 0 unspecified atom stereocenters. The summed E-state index contributed by atoms with van der Waals surface area (Å²) in [5.41, 5.74) is 0.905. The monoisotopic (exact) mass is 316 g/mol. The smallest absolute Gasteiger partial charge is 0.242 e. The van der Waals surface area contributed by atoms with Gasteiger partial charge in [0.05, 0.1) is 12.7 Å². The molecular formula is C14H18Cl2N2O2. The Balaban J connectivity index is 2.03. The number of morpholine rings is 1. The standard InChI is InChI=1S/C14H18Cl2N2O2/c1-9-13(17-3-4-20-9)14(19)18(2)8-10-5-11(15)7-12(16)6-10/h5-7,9,13,17H,3-4,8H2,1-2H3/t9-,13+/m1/s1. The summed E-state index contributed by atoms with van der Waals surface area (Å²) in [7, 11) is 1.76. The molecule has 1 aliphatic rings. The Morgan fingerprint density at radius 2 is 2.05 bits per heavy atom. The van der Waals surface area contributed by atoms with E-state index in [1.54, 1.807) is 18.0 Å². The highest BCUT2D eigenvalue weighted by Gasteiger charge is 2.30. The topological polar surface area (TPSA) is 41.6 Å². The van der Waals surface area contributed by atoms with Crippen molar-refractivity contribution in [2.75, 3.05) is 20.2 Å². The molecule has 1 heterocycles. The molecule has 0 spiro atoms. The molecule has 0 bridgehead atoms. The van der Waals surface area contributed by atoms with Crippen LogP contribution in [0, 0.1) is 0 Å². The molecule has 1 fully saturated rings. The van der Waals surface area contributed by atoms with Crippen molar-refractivity contribution in [3.05, 3.63) is 33.8 Å². The van der Waals surface area contributed by atoms with Crippen LogP contribution in [0.3, 0.4) is 0 Å². The summed E-state index contributed by atoms with van der Waals surface area (Å²) in [6, 6.07) is 4.99. The average molecular weight is 317 g/mol. The number of carbonyl (C=O) groups is 1. The minimum absolute atomic E-state index is 0.00768. The zero-order valence-corrected chi connectivity index (χ0v) is 13.0. The van der Waals surface area contributed by atoms with Crippen LogP contribution in [0.25, 0.3) is 0 Å². The fourth-order valence-corrected chi connectivity index (χ4v) is 2.87. The van der Waals surface area contributed by atoms with Gasteiger partial charge in [-0.2, -0.15) is 0 Å². The summed E-state index contributed by atoms with van der Waals surface area (Å²) in [6.07, 6.45) is -0.123. The molecule has 0 aliphatic carbocycles. The van der Waals surface area contributed by atoms with Crippen LogP contribution in [0.2, 0.25) is 10.0 Å². The first-order valence-electron chi connectivity index (χ1n) is 6.52. The van der Waals surface area contributed by atoms with Gasteiger partial charge in [-0.3, -0.25) is 4.79 Å². The molecule has 1 N–H and O–H groups in total. The second kappa shape index (κ2) is 6.76. The van der Waals surface area contributed by atoms with Crippen LogP contribution in [0.1, 0.15) is 12.5 Å². The number of rotatable bonds is 3. The molecule has 1 aromatic rings. The molecule has 110 valence electrons. The molecule has 2 atom stereocenters. The number of benzene rings is 1. The predicted octanol–water partition coefficient (Wildman–Crippen LogP) is 2.33. The Kier molecular flexibility index (Phi) is 5.27. The van der Waals surface area contributed by atoms with E-state index in [-0.39, 0.29) is 18.1 Å². The van der Waals surface area contributed by atoms with Crippen molar-refractivity contribution >= 4 is 29.1 Å². The quantitative estimate of drug-likeness (QED) is 0.930. The maximum atomic E-state index is 12.4. The molecule has 20 heavy (non-hydrogen) atoms. The Bertz CT molecular complexity index is 476. The third kappa shape index (κ3) is 3.85. The fraction of sp³-hybridized carbons (Fsp3) is 0.500. The van der Waals surface area contributed by atoms with E-state index in [4.69, 9.17) is 27.9 Å². The van der Waals surface area contributed by atoms with Gasteiger partial charge >= 0.3 is 0 Å². The van der Waals surface area contributed by atoms with Crippen molar-refractivity contribution in [2.24, 2.45) is 0 Å². The Morgan fingerprint density at radius 1 is 1.40 bits per heavy atom. The highest BCUT2D eigenvalue weighted by atomic mass is 35.5. The summed E-state index contributed by atoms with van der Waals surface area (Å²) in [5, 5.41) is 4.33. The molecule has 1 aliphatic heterocycles. The van der Waals surface area contributed by atoms with Crippen molar-refractivity contribution in [3.8, 4) is 0 Å². The minimum Gasteiger partial charge on any atom is -0.375 e. The normalized spacial score (nSPS) is 22.6. The van der Waals surface area contributed by atoms with Crippen LogP contribution in [-0.2, 0) is 16.1 Å². The van der Waals surface area contributed by atoms with Crippen LogP contribution >= 0.6 is 23.2 Å². The van der Waals surface area contributed by atoms with Gasteiger partial charge in [0.25, 0.3) is 0 Å². The summed E-state index contributed by atoms with van der Waals surface area (Å²) >= 11 is 11.9. The second-order valence-corrected chi connectivity index (χ2v) is 5.85. The summed E-state index contributed by atoms with van der Waals surface area (Å²) < 4.78 is 5.50. The first kappa shape index (κ1) is 15.6. The Labute approximate surface area is 129 Å². The van der Waals surface area contributed by atoms with E-state index in [2.05, 4.69) is 5.32 Å². The van der Waals surface area contributed by atoms with Gasteiger partial charge in [-0.25, -0.2) is 0 Å². The van der Waals surface area contributed by atoms with Crippen LogP contribution in [0.5, 0.6) is 0 Å². The van der Waals surface area contributed by atoms with E-state index >= 15 is 0 Å². The molecule has 4 nitrogen and oxygen atoms in total. The van der Waals surface area contributed by atoms with Crippen molar-refractivity contribution in [2.45, 2.75) is 25.6 Å². The predicted molar refractivity (Wildman–Crippen MR) is 80.1 cm³/mol. The molecule has 1 saturated heterocycles. The number of hydrogen-bond donors (Lipinski definition) is 1. The fourth-order valence-electron chi connectivity index (χ4n) is 2.30.